The van der Waals surface area contributed by atoms with Gasteiger partial charge in [0.15, 0.2) is 0 Å². The lowest BCUT2D eigenvalue weighted by molar-refractivity contribution is -0.137. The molecule has 0 aliphatic heterocycles. The number of carbonyl (C=O) groups is 2. The molecule has 15 heavy (non-hydrogen) atoms. The van der Waals surface area contributed by atoms with Crippen molar-refractivity contribution in [1.82, 2.24) is 0 Å². The highest BCUT2D eigenvalue weighted by Gasteiger charge is 2.05. The average Bonchev–Trinajstić information content (AvgIpc) is 2.11. The molecule has 0 saturated heterocycles. The number of allylic oxidation sites excluding steroid dienone is 2. The molecule has 0 radical (unpaired) electrons. The molecular weight excluding hydrogens is 200 g/mol. The van der Waals surface area contributed by atoms with Gasteiger partial charge in [-0.1, -0.05) is 13.2 Å². The molecule has 0 saturated carbocycles. The summed E-state index contributed by atoms with van der Waals surface area (Å²) in [6.45, 7) is 7.00. The molecule has 0 bridgehead atoms. The second-order valence-corrected chi connectivity index (χ2v) is 2.97. The lowest BCUT2D eigenvalue weighted by atomic mass is 10.2. The van der Waals surface area contributed by atoms with Gasteiger partial charge in [0.05, 0.1) is 24.4 Å². The van der Waals surface area contributed by atoms with Crippen LogP contribution in [-0.2, 0) is 14.3 Å². The normalized spacial score (nSPS) is 9.33. The van der Waals surface area contributed by atoms with Crippen LogP contribution in [0.25, 0.3) is 0 Å². The summed E-state index contributed by atoms with van der Waals surface area (Å²) in [4.78, 5) is 20.4. The summed E-state index contributed by atoms with van der Waals surface area (Å²) in [7, 11) is 0. The first-order valence-corrected chi connectivity index (χ1v) is 4.39. The van der Waals surface area contributed by atoms with E-state index in [-0.39, 0.29) is 37.2 Å². The molecule has 0 amide bonds. The zero-order valence-electron chi connectivity index (χ0n) is 8.36. The van der Waals surface area contributed by atoms with E-state index in [4.69, 9.17) is 14.9 Å². The minimum atomic E-state index is -0.934. The molecule has 0 fully saturated rings. The second-order valence-electron chi connectivity index (χ2n) is 2.97. The zero-order chi connectivity index (χ0) is 11.8. The lowest BCUT2D eigenvalue weighted by Gasteiger charge is -2.09. The van der Waals surface area contributed by atoms with Crippen LogP contribution in [0.3, 0.4) is 0 Å². The van der Waals surface area contributed by atoms with Gasteiger partial charge in [-0.25, -0.2) is 0 Å². The van der Waals surface area contributed by atoms with Gasteiger partial charge in [-0.15, -0.1) is 0 Å². The summed E-state index contributed by atoms with van der Waals surface area (Å²) in [6.07, 6.45) is 0.263. The van der Waals surface area contributed by atoms with E-state index in [1.165, 1.54) is 0 Å². The second kappa shape index (κ2) is 6.64. The van der Waals surface area contributed by atoms with Gasteiger partial charge in [-0.3, -0.25) is 9.59 Å². The quantitative estimate of drug-likeness (QED) is 0.601. The third kappa shape index (κ3) is 8.55. The maximum atomic E-state index is 10.2. The van der Waals surface area contributed by atoms with Crippen molar-refractivity contribution in [1.29, 1.82) is 0 Å². The van der Waals surface area contributed by atoms with Crippen LogP contribution in [0.5, 0.6) is 0 Å². The van der Waals surface area contributed by atoms with E-state index in [9.17, 15) is 9.59 Å². The van der Waals surface area contributed by atoms with Crippen LogP contribution in [0.15, 0.2) is 24.7 Å². The smallest absolute Gasteiger partial charge is 0.303 e. The Morgan fingerprint density at radius 1 is 0.867 bits per heavy atom. The molecule has 2 N–H and O–H groups in total. The summed E-state index contributed by atoms with van der Waals surface area (Å²) >= 11 is 0. The molecule has 0 unspecified atom stereocenters. The molecule has 0 aliphatic carbocycles. The summed E-state index contributed by atoms with van der Waals surface area (Å²) in [6, 6.07) is 0. The highest BCUT2D eigenvalue weighted by atomic mass is 16.5. The molecule has 84 valence electrons. The summed E-state index contributed by atoms with van der Waals surface area (Å²) < 4.78 is 5.04. The number of hydrogen-bond acceptors (Lipinski definition) is 3. The monoisotopic (exact) mass is 214 g/mol. The Morgan fingerprint density at radius 2 is 1.20 bits per heavy atom. The predicted molar refractivity (Wildman–Crippen MR) is 53.1 cm³/mol. The van der Waals surface area contributed by atoms with Gasteiger partial charge in [0.1, 0.15) is 0 Å². The molecular formula is C10H14O5. The Bertz CT molecular complexity index is 252. The summed E-state index contributed by atoms with van der Waals surface area (Å²) in [5, 5.41) is 16.8. The maximum absolute atomic E-state index is 10.2. The van der Waals surface area contributed by atoms with E-state index in [1.807, 2.05) is 0 Å². The fourth-order valence-corrected chi connectivity index (χ4v) is 0.799. The molecule has 0 spiro atoms. The number of carboxylic acids is 2. The van der Waals surface area contributed by atoms with Gasteiger partial charge in [-0.05, 0) is 0 Å². The Labute approximate surface area is 87.7 Å². The van der Waals surface area contributed by atoms with Gasteiger partial charge in [0.25, 0.3) is 0 Å². The topological polar surface area (TPSA) is 83.8 Å². The summed E-state index contributed by atoms with van der Waals surface area (Å²) in [5.74, 6) is -1.30. The third-order valence-electron chi connectivity index (χ3n) is 1.52. The van der Waals surface area contributed by atoms with E-state index in [0.29, 0.717) is 0 Å². The van der Waals surface area contributed by atoms with Crippen molar-refractivity contribution in [3.8, 4) is 0 Å². The van der Waals surface area contributed by atoms with E-state index in [1.54, 1.807) is 0 Å². The number of aliphatic carboxylic acids is 2. The van der Waals surface area contributed by atoms with Crippen molar-refractivity contribution in [2.45, 2.75) is 25.7 Å². The predicted octanol–water partition coefficient (Wildman–Crippen LogP) is 1.76. The number of ether oxygens (including phenoxy) is 1. The van der Waals surface area contributed by atoms with Crippen LogP contribution in [0, 0.1) is 0 Å². The molecule has 5 nitrogen and oxygen atoms in total. The molecule has 0 aromatic rings. The summed E-state index contributed by atoms with van der Waals surface area (Å²) in [5.41, 5.74) is 0. The zero-order valence-corrected chi connectivity index (χ0v) is 8.36. The van der Waals surface area contributed by atoms with Crippen LogP contribution in [-0.4, -0.2) is 22.2 Å². The number of carboxylic acid groups (broad SMARTS) is 2. The SMILES string of the molecule is C=C(CCC(=O)O)OC(=C)CCC(=O)O. The Morgan fingerprint density at radius 3 is 1.47 bits per heavy atom. The van der Waals surface area contributed by atoms with Crippen molar-refractivity contribution in [2.24, 2.45) is 0 Å². The van der Waals surface area contributed by atoms with E-state index in [2.05, 4.69) is 13.2 Å². The molecule has 0 aromatic carbocycles. The minimum absolute atomic E-state index is 0.0644. The van der Waals surface area contributed by atoms with E-state index in [0.717, 1.165) is 0 Å². The first kappa shape index (κ1) is 13.2. The standard InChI is InChI=1S/C10H14O5/c1-7(3-5-9(11)12)15-8(2)4-6-10(13)14/h1-6H2,(H,11,12)(H,13,14). The van der Waals surface area contributed by atoms with Gasteiger partial charge in [0, 0.05) is 12.8 Å². The van der Waals surface area contributed by atoms with Crippen molar-refractivity contribution in [2.75, 3.05) is 0 Å². The average molecular weight is 214 g/mol. The maximum Gasteiger partial charge on any atom is 0.303 e. The van der Waals surface area contributed by atoms with Crippen LogP contribution in [0.2, 0.25) is 0 Å². The van der Waals surface area contributed by atoms with Crippen molar-refractivity contribution in [3.63, 3.8) is 0 Å². The Balaban J connectivity index is 3.71. The van der Waals surface area contributed by atoms with Crippen LogP contribution in [0.4, 0.5) is 0 Å². The number of hydrogen-bond donors (Lipinski definition) is 2. The van der Waals surface area contributed by atoms with Gasteiger partial charge >= 0.3 is 11.9 Å². The molecule has 5 heteroatoms. The number of rotatable bonds is 8. The third-order valence-corrected chi connectivity index (χ3v) is 1.52. The first-order valence-electron chi connectivity index (χ1n) is 4.39. The van der Waals surface area contributed by atoms with E-state index < -0.39 is 11.9 Å². The largest absolute Gasteiger partial charge is 0.481 e. The fraction of sp³-hybridized carbons (Fsp3) is 0.400. The first-order chi connectivity index (χ1) is 6.91. The minimum Gasteiger partial charge on any atom is -0.481 e. The molecule has 0 atom stereocenters. The van der Waals surface area contributed by atoms with Crippen LogP contribution < -0.4 is 0 Å². The molecule has 0 aromatic heterocycles. The highest BCUT2D eigenvalue weighted by molar-refractivity contribution is 5.67. The van der Waals surface area contributed by atoms with E-state index >= 15 is 0 Å². The van der Waals surface area contributed by atoms with Crippen molar-refractivity contribution < 1.29 is 24.5 Å². The van der Waals surface area contributed by atoms with Crippen molar-refractivity contribution >= 4 is 11.9 Å². The lowest BCUT2D eigenvalue weighted by Crippen LogP contribution is -2.00. The van der Waals surface area contributed by atoms with Gasteiger partial charge in [-0.2, -0.15) is 0 Å². The molecule has 0 rings (SSSR count). The Hall–Kier alpha value is -1.78. The Kier molecular flexibility index (Phi) is 5.85. The highest BCUT2D eigenvalue weighted by Crippen LogP contribution is 2.12. The fourth-order valence-electron chi connectivity index (χ4n) is 0.799. The molecule has 0 heterocycles. The molecule has 0 aliphatic rings. The van der Waals surface area contributed by atoms with Crippen LogP contribution in [0.1, 0.15) is 25.7 Å². The van der Waals surface area contributed by atoms with Gasteiger partial charge < -0.3 is 14.9 Å². The van der Waals surface area contributed by atoms with Gasteiger partial charge in [0.2, 0.25) is 0 Å². The van der Waals surface area contributed by atoms with Crippen molar-refractivity contribution in [3.05, 3.63) is 24.7 Å². The van der Waals surface area contributed by atoms with Crippen LogP contribution >= 0.6 is 0 Å².